The molecule has 7 nitrogen and oxygen atoms in total. The van der Waals surface area contributed by atoms with Crippen LogP contribution in [-0.4, -0.2) is 19.6 Å². The van der Waals surface area contributed by atoms with E-state index in [1.165, 1.54) is 22.8 Å². The van der Waals surface area contributed by atoms with Gasteiger partial charge in [-0.15, -0.1) is 0 Å². The topological polar surface area (TPSA) is 78.0 Å². The second-order valence-electron chi connectivity index (χ2n) is 6.95. The predicted molar refractivity (Wildman–Crippen MR) is 113 cm³/mol. The van der Waals surface area contributed by atoms with Gasteiger partial charge in [0.1, 0.15) is 17.9 Å². The third-order valence-electron chi connectivity index (χ3n) is 5.04. The smallest absolute Gasteiger partial charge is 0.336 e. The Morgan fingerprint density at radius 3 is 2.40 bits per heavy atom. The second kappa shape index (κ2) is 7.47. The summed E-state index contributed by atoms with van der Waals surface area (Å²) in [5.41, 5.74) is 0.713. The molecule has 0 saturated heterocycles. The Kier molecular flexibility index (Phi) is 4.83. The summed E-state index contributed by atoms with van der Waals surface area (Å²) >= 11 is 0. The normalized spacial score (nSPS) is 11.0. The summed E-state index contributed by atoms with van der Waals surface area (Å²) in [4.78, 5) is 39.0. The molecule has 30 heavy (non-hydrogen) atoms. The number of aromatic nitrogens is 3. The van der Waals surface area contributed by atoms with Crippen LogP contribution in [0.15, 0.2) is 70.3 Å². The maximum atomic E-state index is 13.9. The summed E-state index contributed by atoms with van der Waals surface area (Å²) in [5, 5.41) is 2.48. The average molecular weight is 406 g/mol. The molecule has 2 aromatic heterocycles. The van der Waals surface area contributed by atoms with Crippen molar-refractivity contribution in [1.82, 2.24) is 13.7 Å². The number of anilines is 1. The van der Waals surface area contributed by atoms with Crippen LogP contribution in [0, 0.1) is 12.7 Å². The molecule has 0 saturated carbocycles. The summed E-state index contributed by atoms with van der Waals surface area (Å²) in [6.45, 7) is 1.43. The van der Waals surface area contributed by atoms with Crippen LogP contribution in [0.3, 0.4) is 0 Å². The number of fused-ring (bicyclic) bond motifs is 1. The van der Waals surface area contributed by atoms with Gasteiger partial charge in [0.15, 0.2) is 0 Å². The molecule has 0 radical (unpaired) electrons. The fourth-order valence-corrected chi connectivity index (χ4v) is 3.44. The zero-order chi connectivity index (χ0) is 21.4. The maximum absolute atomic E-state index is 13.9. The Hall–Kier alpha value is -3.94. The van der Waals surface area contributed by atoms with Crippen LogP contribution < -0.4 is 16.6 Å². The Morgan fingerprint density at radius 1 is 1.03 bits per heavy atom. The number of nitrogens with zero attached hydrogens (tertiary/aromatic N) is 3. The molecule has 152 valence electrons. The standard InChI is InChI=1S/C22H19FN4O3/c1-14-12-18-20(25(14)2)21(29)27(15-8-4-3-5-9-15)22(30)26(18)13-19(28)24-17-11-7-6-10-16(17)23/h3-12H,13H2,1-2H3,(H,24,28). The molecule has 4 rings (SSSR count). The molecular weight excluding hydrogens is 387 g/mol. The van der Waals surface area contributed by atoms with Crippen LogP contribution >= 0.6 is 0 Å². The van der Waals surface area contributed by atoms with Gasteiger partial charge in [-0.05, 0) is 37.3 Å². The highest BCUT2D eigenvalue weighted by molar-refractivity contribution is 5.91. The van der Waals surface area contributed by atoms with E-state index in [1.807, 2.05) is 0 Å². The van der Waals surface area contributed by atoms with Crippen molar-refractivity contribution in [1.29, 1.82) is 0 Å². The molecule has 8 heteroatoms. The van der Waals surface area contributed by atoms with E-state index in [2.05, 4.69) is 5.32 Å². The van der Waals surface area contributed by atoms with Gasteiger partial charge in [0.2, 0.25) is 5.91 Å². The first-order chi connectivity index (χ1) is 14.4. The lowest BCUT2D eigenvalue weighted by atomic mass is 10.3. The lowest BCUT2D eigenvalue weighted by Crippen LogP contribution is -2.41. The number of amides is 1. The third-order valence-corrected chi connectivity index (χ3v) is 5.04. The quantitative estimate of drug-likeness (QED) is 0.566. The van der Waals surface area contributed by atoms with Crippen molar-refractivity contribution in [3.05, 3.63) is 93.0 Å². The van der Waals surface area contributed by atoms with E-state index in [4.69, 9.17) is 0 Å². The minimum absolute atomic E-state index is 0.0208. The molecule has 0 atom stereocenters. The molecule has 0 bridgehead atoms. The molecular formula is C22H19FN4O3. The van der Waals surface area contributed by atoms with Crippen molar-refractivity contribution in [2.45, 2.75) is 13.5 Å². The van der Waals surface area contributed by atoms with Crippen LogP contribution in [0.2, 0.25) is 0 Å². The number of rotatable bonds is 4. The van der Waals surface area contributed by atoms with Gasteiger partial charge in [-0.25, -0.2) is 13.8 Å². The van der Waals surface area contributed by atoms with Gasteiger partial charge in [0.25, 0.3) is 5.56 Å². The molecule has 0 spiro atoms. The number of carbonyl (C=O) groups is 1. The Labute approximate surface area is 170 Å². The van der Waals surface area contributed by atoms with Crippen molar-refractivity contribution in [2.75, 3.05) is 5.32 Å². The van der Waals surface area contributed by atoms with E-state index in [0.717, 1.165) is 10.3 Å². The summed E-state index contributed by atoms with van der Waals surface area (Å²) in [7, 11) is 1.72. The van der Waals surface area contributed by atoms with Crippen LogP contribution in [-0.2, 0) is 18.4 Å². The van der Waals surface area contributed by atoms with E-state index in [0.29, 0.717) is 16.7 Å². The van der Waals surface area contributed by atoms with Crippen molar-refractivity contribution in [3.8, 4) is 5.69 Å². The number of carbonyl (C=O) groups excluding carboxylic acids is 1. The highest BCUT2D eigenvalue weighted by atomic mass is 19.1. The van der Waals surface area contributed by atoms with Gasteiger partial charge in [0.05, 0.1) is 16.9 Å². The van der Waals surface area contributed by atoms with Crippen molar-refractivity contribution in [3.63, 3.8) is 0 Å². The number of hydrogen-bond acceptors (Lipinski definition) is 3. The van der Waals surface area contributed by atoms with E-state index >= 15 is 0 Å². The second-order valence-corrected chi connectivity index (χ2v) is 6.95. The minimum atomic E-state index is -0.645. The molecule has 2 heterocycles. The highest BCUT2D eigenvalue weighted by Gasteiger charge is 2.20. The molecule has 2 aromatic carbocycles. The first-order valence-electron chi connectivity index (χ1n) is 9.30. The molecule has 1 N–H and O–H groups in total. The van der Waals surface area contributed by atoms with Crippen molar-refractivity contribution in [2.24, 2.45) is 7.05 Å². The Balaban J connectivity index is 1.88. The van der Waals surface area contributed by atoms with Crippen LogP contribution in [0.1, 0.15) is 5.69 Å². The number of aryl methyl sites for hydroxylation is 2. The minimum Gasteiger partial charge on any atom is -0.342 e. The number of halogens is 1. The zero-order valence-electron chi connectivity index (χ0n) is 16.4. The lowest BCUT2D eigenvalue weighted by Gasteiger charge is -2.13. The van der Waals surface area contributed by atoms with Crippen LogP contribution in [0.25, 0.3) is 16.7 Å². The fourth-order valence-electron chi connectivity index (χ4n) is 3.44. The van der Waals surface area contributed by atoms with Crippen LogP contribution in [0.5, 0.6) is 0 Å². The third kappa shape index (κ3) is 3.22. The summed E-state index contributed by atoms with van der Waals surface area (Å²) in [5.74, 6) is -1.16. The van der Waals surface area contributed by atoms with Gasteiger partial charge in [-0.1, -0.05) is 30.3 Å². The molecule has 4 aromatic rings. The van der Waals surface area contributed by atoms with Gasteiger partial charge < -0.3 is 9.88 Å². The average Bonchev–Trinajstić information content (AvgIpc) is 3.03. The lowest BCUT2D eigenvalue weighted by molar-refractivity contribution is -0.116. The van der Waals surface area contributed by atoms with E-state index in [-0.39, 0.29) is 12.2 Å². The molecule has 0 aliphatic carbocycles. The maximum Gasteiger partial charge on any atom is 0.336 e. The zero-order valence-corrected chi connectivity index (χ0v) is 16.4. The van der Waals surface area contributed by atoms with Gasteiger partial charge >= 0.3 is 5.69 Å². The fraction of sp³-hybridized carbons (Fsp3) is 0.136. The first-order valence-corrected chi connectivity index (χ1v) is 9.30. The van der Waals surface area contributed by atoms with E-state index in [9.17, 15) is 18.8 Å². The summed E-state index contributed by atoms with van der Waals surface area (Å²) in [6.07, 6.45) is 0. The Bertz CT molecular complexity index is 1380. The summed E-state index contributed by atoms with van der Waals surface area (Å²) in [6, 6.07) is 16.0. The van der Waals surface area contributed by atoms with Gasteiger partial charge in [0, 0.05) is 12.7 Å². The SMILES string of the molecule is Cc1cc2c(c(=O)n(-c3ccccc3)c(=O)n2CC(=O)Nc2ccccc2F)n1C. The molecule has 0 unspecified atom stereocenters. The van der Waals surface area contributed by atoms with Gasteiger partial charge in [-0.2, -0.15) is 0 Å². The number of hydrogen-bond donors (Lipinski definition) is 1. The molecule has 0 aliphatic rings. The molecule has 0 fully saturated rings. The highest BCUT2D eigenvalue weighted by Crippen LogP contribution is 2.16. The molecule has 0 aliphatic heterocycles. The van der Waals surface area contributed by atoms with Crippen molar-refractivity contribution >= 4 is 22.6 Å². The monoisotopic (exact) mass is 406 g/mol. The Morgan fingerprint density at radius 2 is 1.70 bits per heavy atom. The number of para-hydroxylation sites is 2. The van der Waals surface area contributed by atoms with E-state index < -0.39 is 23.0 Å². The van der Waals surface area contributed by atoms with Gasteiger partial charge in [-0.3, -0.25) is 14.2 Å². The summed E-state index contributed by atoms with van der Waals surface area (Å²) < 4.78 is 17.8. The number of nitrogens with one attached hydrogen (secondary N) is 1. The predicted octanol–water partition coefficient (Wildman–Crippen LogP) is 2.58. The first kappa shape index (κ1) is 19.4. The van der Waals surface area contributed by atoms with Crippen molar-refractivity contribution < 1.29 is 9.18 Å². The molecule has 1 amide bonds. The van der Waals surface area contributed by atoms with E-state index in [1.54, 1.807) is 61.0 Å². The number of benzene rings is 2. The largest absolute Gasteiger partial charge is 0.342 e. The van der Waals surface area contributed by atoms with Crippen LogP contribution in [0.4, 0.5) is 10.1 Å².